The van der Waals surface area contributed by atoms with E-state index in [0.717, 1.165) is 31.9 Å². The van der Waals surface area contributed by atoms with Crippen molar-refractivity contribution in [3.8, 4) is 0 Å². The van der Waals surface area contributed by atoms with Crippen LogP contribution in [0.15, 0.2) is 0 Å². The summed E-state index contributed by atoms with van der Waals surface area (Å²) in [5.74, 6) is 0. The molecule has 0 radical (unpaired) electrons. The van der Waals surface area contributed by atoms with Crippen LogP contribution in [0.2, 0.25) is 0 Å². The van der Waals surface area contributed by atoms with Crippen molar-refractivity contribution in [3.05, 3.63) is 17.0 Å². The molecule has 1 unspecified atom stereocenters. The van der Waals surface area contributed by atoms with E-state index < -0.39 is 0 Å². The van der Waals surface area contributed by atoms with Gasteiger partial charge in [-0.2, -0.15) is 5.10 Å². The first-order valence-electron chi connectivity index (χ1n) is 6.67. The number of aromatic nitrogens is 2. The van der Waals surface area contributed by atoms with Crippen molar-refractivity contribution >= 4 is 0 Å². The Hall–Kier alpha value is -0.910. The maximum Gasteiger partial charge on any atom is 0.0644 e. The van der Waals surface area contributed by atoms with Gasteiger partial charge in [0, 0.05) is 51.0 Å². The van der Waals surface area contributed by atoms with Gasteiger partial charge in [-0.25, -0.2) is 0 Å². The molecular weight excluding hydrogens is 226 g/mol. The van der Waals surface area contributed by atoms with Gasteiger partial charge in [0.05, 0.1) is 11.7 Å². The molecule has 1 atom stereocenters. The molecule has 0 amide bonds. The van der Waals surface area contributed by atoms with Crippen LogP contribution in [0.1, 0.15) is 23.0 Å². The number of rotatable bonds is 3. The lowest BCUT2D eigenvalue weighted by Gasteiger charge is -2.37. The summed E-state index contributed by atoms with van der Waals surface area (Å²) in [6.45, 7) is 9.30. The molecule has 0 spiro atoms. The SMILES string of the molecule is Cc1nn(C)c(C)c1C(CN)N1CCN(C)CC1. The van der Waals surface area contributed by atoms with E-state index in [1.165, 1.54) is 11.3 Å². The molecule has 1 aromatic rings. The van der Waals surface area contributed by atoms with Crippen molar-refractivity contribution in [2.24, 2.45) is 12.8 Å². The van der Waals surface area contributed by atoms with Crippen LogP contribution in [0.25, 0.3) is 0 Å². The largest absolute Gasteiger partial charge is 0.329 e. The lowest BCUT2D eigenvalue weighted by Crippen LogP contribution is -2.47. The molecule has 1 saturated heterocycles. The van der Waals surface area contributed by atoms with Crippen molar-refractivity contribution in [1.29, 1.82) is 0 Å². The van der Waals surface area contributed by atoms with Gasteiger partial charge in [0.25, 0.3) is 0 Å². The van der Waals surface area contributed by atoms with Gasteiger partial charge in [-0.3, -0.25) is 9.58 Å². The van der Waals surface area contributed by atoms with Gasteiger partial charge in [0.1, 0.15) is 0 Å². The predicted molar refractivity (Wildman–Crippen MR) is 73.5 cm³/mol. The molecule has 0 aliphatic carbocycles. The predicted octanol–water partition coefficient (Wildman–Crippen LogP) is 0.284. The van der Waals surface area contributed by atoms with Crippen molar-refractivity contribution in [1.82, 2.24) is 19.6 Å². The molecule has 18 heavy (non-hydrogen) atoms. The number of likely N-dealkylation sites (N-methyl/N-ethyl adjacent to an activating group) is 1. The fraction of sp³-hybridized carbons (Fsp3) is 0.769. The first-order chi connectivity index (χ1) is 8.54. The van der Waals surface area contributed by atoms with Crippen LogP contribution < -0.4 is 5.73 Å². The summed E-state index contributed by atoms with van der Waals surface area (Å²) in [5, 5.41) is 4.51. The molecule has 5 nitrogen and oxygen atoms in total. The first kappa shape index (κ1) is 13.5. The second-order valence-electron chi connectivity index (χ2n) is 5.30. The third-order valence-corrected chi connectivity index (χ3v) is 4.10. The Morgan fingerprint density at radius 3 is 2.22 bits per heavy atom. The zero-order valence-corrected chi connectivity index (χ0v) is 12.0. The van der Waals surface area contributed by atoms with Crippen LogP contribution in [0.3, 0.4) is 0 Å². The first-order valence-corrected chi connectivity index (χ1v) is 6.67. The minimum absolute atomic E-state index is 0.312. The van der Waals surface area contributed by atoms with Crippen LogP contribution in [0.4, 0.5) is 0 Å². The smallest absolute Gasteiger partial charge is 0.0644 e. The van der Waals surface area contributed by atoms with E-state index in [1.54, 1.807) is 0 Å². The summed E-state index contributed by atoms with van der Waals surface area (Å²) in [6.07, 6.45) is 0. The summed E-state index contributed by atoms with van der Waals surface area (Å²) in [5.41, 5.74) is 9.70. The Morgan fingerprint density at radius 1 is 1.17 bits per heavy atom. The minimum Gasteiger partial charge on any atom is -0.329 e. The highest BCUT2D eigenvalue weighted by molar-refractivity contribution is 5.28. The average molecular weight is 251 g/mol. The Morgan fingerprint density at radius 2 is 1.78 bits per heavy atom. The highest BCUT2D eigenvalue weighted by Gasteiger charge is 2.27. The summed E-state index contributed by atoms with van der Waals surface area (Å²) in [6, 6.07) is 0.312. The maximum absolute atomic E-state index is 6.03. The molecule has 5 heteroatoms. The zero-order valence-electron chi connectivity index (χ0n) is 12.0. The van der Waals surface area contributed by atoms with E-state index in [9.17, 15) is 0 Å². The summed E-state index contributed by atoms with van der Waals surface area (Å²) >= 11 is 0. The normalized spacial score (nSPS) is 20.3. The van der Waals surface area contributed by atoms with E-state index in [1.807, 2.05) is 11.7 Å². The number of hydrogen-bond acceptors (Lipinski definition) is 4. The topological polar surface area (TPSA) is 50.3 Å². The van der Waals surface area contributed by atoms with Gasteiger partial charge in [0.15, 0.2) is 0 Å². The molecule has 2 rings (SSSR count). The molecule has 1 aliphatic heterocycles. The fourth-order valence-corrected chi connectivity index (χ4v) is 2.86. The molecule has 0 bridgehead atoms. The van der Waals surface area contributed by atoms with E-state index in [-0.39, 0.29) is 0 Å². The Balaban J connectivity index is 2.22. The van der Waals surface area contributed by atoms with Crippen molar-refractivity contribution < 1.29 is 0 Å². The Labute approximate surface area is 110 Å². The summed E-state index contributed by atoms with van der Waals surface area (Å²) in [7, 11) is 4.18. The molecule has 2 N–H and O–H groups in total. The van der Waals surface area contributed by atoms with E-state index in [2.05, 4.69) is 35.8 Å². The second-order valence-corrected chi connectivity index (χ2v) is 5.30. The number of nitrogens with two attached hydrogens (primary N) is 1. The van der Waals surface area contributed by atoms with Gasteiger partial charge in [0.2, 0.25) is 0 Å². The van der Waals surface area contributed by atoms with Crippen LogP contribution in [0.5, 0.6) is 0 Å². The van der Waals surface area contributed by atoms with Gasteiger partial charge in [-0.1, -0.05) is 0 Å². The van der Waals surface area contributed by atoms with Gasteiger partial charge < -0.3 is 10.6 Å². The Bertz CT molecular complexity index is 404. The average Bonchev–Trinajstić information content (AvgIpc) is 2.59. The second kappa shape index (κ2) is 5.38. The molecule has 1 aromatic heterocycles. The van der Waals surface area contributed by atoms with Crippen LogP contribution >= 0.6 is 0 Å². The van der Waals surface area contributed by atoms with Gasteiger partial charge in [-0.15, -0.1) is 0 Å². The number of hydrogen-bond donors (Lipinski definition) is 1. The molecule has 0 aromatic carbocycles. The van der Waals surface area contributed by atoms with E-state index >= 15 is 0 Å². The molecular formula is C13H25N5. The van der Waals surface area contributed by atoms with Crippen molar-refractivity contribution in [2.45, 2.75) is 19.9 Å². The third-order valence-electron chi connectivity index (χ3n) is 4.10. The summed E-state index contributed by atoms with van der Waals surface area (Å²) in [4.78, 5) is 4.87. The Kier molecular flexibility index (Phi) is 4.04. The maximum atomic E-state index is 6.03. The van der Waals surface area contributed by atoms with E-state index in [4.69, 9.17) is 5.73 Å². The monoisotopic (exact) mass is 251 g/mol. The van der Waals surface area contributed by atoms with E-state index in [0.29, 0.717) is 12.6 Å². The fourth-order valence-electron chi connectivity index (χ4n) is 2.86. The standard InChI is InChI=1S/C13H25N5/c1-10-13(11(2)17(4)15-10)12(9-14)18-7-5-16(3)6-8-18/h12H,5-9,14H2,1-4H3. The molecule has 0 saturated carbocycles. The highest BCUT2D eigenvalue weighted by atomic mass is 15.3. The number of aryl methyl sites for hydroxylation is 2. The van der Waals surface area contributed by atoms with Crippen LogP contribution in [0, 0.1) is 13.8 Å². The van der Waals surface area contributed by atoms with Gasteiger partial charge >= 0.3 is 0 Å². The number of piperazine rings is 1. The molecule has 2 heterocycles. The zero-order chi connectivity index (χ0) is 13.3. The third kappa shape index (κ3) is 2.43. The van der Waals surface area contributed by atoms with Crippen LogP contribution in [-0.4, -0.2) is 59.4 Å². The molecule has 102 valence electrons. The lowest BCUT2D eigenvalue weighted by atomic mass is 10.0. The van der Waals surface area contributed by atoms with Crippen LogP contribution in [-0.2, 0) is 7.05 Å². The van der Waals surface area contributed by atoms with Crippen molar-refractivity contribution in [2.75, 3.05) is 39.8 Å². The number of nitrogens with zero attached hydrogens (tertiary/aromatic N) is 4. The summed E-state index contributed by atoms with van der Waals surface area (Å²) < 4.78 is 1.96. The lowest BCUT2D eigenvalue weighted by molar-refractivity contribution is 0.114. The van der Waals surface area contributed by atoms with Crippen molar-refractivity contribution in [3.63, 3.8) is 0 Å². The minimum atomic E-state index is 0.312. The molecule has 1 fully saturated rings. The van der Waals surface area contributed by atoms with Gasteiger partial charge in [-0.05, 0) is 20.9 Å². The molecule has 1 aliphatic rings. The highest BCUT2D eigenvalue weighted by Crippen LogP contribution is 2.26. The quantitative estimate of drug-likeness (QED) is 0.838.